The van der Waals surface area contributed by atoms with Crippen LogP contribution in [-0.4, -0.2) is 21.3 Å². The Kier molecular flexibility index (Phi) is 3.36. The fourth-order valence-corrected chi connectivity index (χ4v) is 4.49. The number of alkyl halides is 2. The second kappa shape index (κ2) is 4.83. The number of benzene rings is 1. The zero-order valence-electron chi connectivity index (χ0n) is 11.7. The van der Waals surface area contributed by atoms with Gasteiger partial charge in [0.05, 0.1) is 21.3 Å². The molecular formula is C13H11F4N3O2S. The third-order valence-corrected chi connectivity index (χ3v) is 5.72. The highest BCUT2D eigenvalue weighted by Gasteiger charge is 2.71. The number of rotatable bonds is 3. The normalized spacial score (nSPS) is 32.4. The number of nitrogens with two attached hydrogens (primary N) is 1. The van der Waals surface area contributed by atoms with E-state index in [0.29, 0.717) is 17.8 Å². The molecule has 1 aliphatic carbocycles. The fourth-order valence-electron chi connectivity index (χ4n) is 3.15. The summed E-state index contributed by atoms with van der Waals surface area (Å²) in [6.45, 7) is 1.34. The summed E-state index contributed by atoms with van der Waals surface area (Å²) in [5.74, 6) is -3.55. The van der Waals surface area contributed by atoms with Gasteiger partial charge in [-0.25, -0.2) is 17.6 Å². The van der Waals surface area contributed by atoms with Crippen molar-refractivity contribution < 1.29 is 22.5 Å². The second-order valence-electron chi connectivity index (χ2n) is 5.76. The van der Waals surface area contributed by atoms with E-state index < -0.39 is 50.4 Å². The number of nitro benzene ring substituents is 1. The third-order valence-electron chi connectivity index (χ3n) is 4.41. The van der Waals surface area contributed by atoms with Crippen molar-refractivity contribution in [2.75, 3.05) is 0 Å². The average Bonchev–Trinajstić information content (AvgIpc) is 3.18. The van der Waals surface area contributed by atoms with Crippen LogP contribution in [0.1, 0.15) is 18.9 Å². The quantitative estimate of drug-likeness (QED) is 0.516. The van der Waals surface area contributed by atoms with E-state index in [0.717, 1.165) is 6.07 Å². The molecule has 3 atom stereocenters. The van der Waals surface area contributed by atoms with Crippen LogP contribution in [0.4, 0.5) is 23.2 Å². The summed E-state index contributed by atoms with van der Waals surface area (Å²) in [7, 11) is 0. The molecule has 0 spiro atoms. The van der Waals surface area contributed by atoms with Gasteiger partial charge < -0.3 is 5.73 Å². The smallest absolute Gasteiger partial charge is 0.272 e. The second-order valence-corrected chi connectivity index (χ2v) is 7.14. The van der Waals surface area contributed by atoms with Gasteiger partial charge in [0.15, 0.2) is 16.8 Å². The van der Waals surface area contributed by atoms with Crippen molar-refractivity contribution in [3.8, 4) is 0 Å². The molecule has 2 N–H and O–H groups in total. The molecule has 5 nitrogen and oxygen atoms in total. The highest BCUT2D eigenvalue weighted by Crippen LogP contribution is 2.68. The van der Waals surface area contributed by atoms with Crippen LogP contribution in [-0.2, 0) is 5.54 Å². The summed E-state index contributed by atoms with van der Waals surface area (Å²) < 4.78 is 53.1. The van der Waals surface area contributed by atoms with Gasteiger partial charge >= 0.3 is 0 Å². The highest BCUT2D eigenvalue weighted by molar-refractivity contribution is 8.15. The molecule has 10 heteroatoms. The van der Waals surface area contributed by atoms with E-state index >= 15 is 0 Å². The zero-order chi connectivity index (χ0) is 17.2. The van der Waals surface area contributed by atoms with Crippen LogP contribution < -0.4 is 5.73 Å². The Morgan fingerprint density at radius 2 is 2.13 bits per heavy atom. The van der Waals surface area contributed by atoms with Crippen molar-refractivity contribution in [3.63, 3.8) is 0 Å². The molecule has 0 saturated heterocycles. The number of thioether (sulfide) groups is 1. The minimum atomic E-state index is -2.72. The number of aliphatic imine (C=N–C) groups is 1. The Morgan fingerprint density at radius 1 is 1.48 bits per heavy atom. The van der Waals surface area contributed by atoms with E-state index in [1.165, 1.54) is 6.92 Å². The molecule has 2 aliphatic rings. The van der Waals surface area contributed by atoms with Crippen LogP contribution in [0, 0.1) is 27.7 Å². The Hall–Kier alpha value is -1.84. The molecule has 23 heavy (non-hydrogen) atoms. The predicted molar refractivity (Wildman–Crippen MR) is 76.4 cm³/mol. The van der Waals surface area contributed by atoms with Gasteiger partial charge in [0.2, 0.25) is 0 Å². The number of hydrogen-bond acceptors (Lipinski definition) is 5. The maximum Gasteiger partial charge on any atom is 0.272 e. The first-order valence-corrected chi connectivity index (χ1v) is 7.40. The summed E-state index contributed by atoms with van der Waals surface area (Å²) in [6, 6.07) is 1.28. The average molecular weight is 349 g/mol. The molecule has 3 rings (SSSR count). The summed E-state index contributed by atoms with van der Waals surface area (Å²) >= 11 is 0.716. The molecule has 0 bridgehead atoms. The van der Waals surface area contributed by atoms with Crippen molar-refractivity contribution in [1.82, 2.24) is 0 Å². The Morgan fingerprint density at radius 3 is 2.70 bits per heavy atom. The van der Waals surface area contributed by atoms with Crippen molar-refractivity contribution in [3.05, 3.63) is 39.4 Å². The number of non-ortho nitro benzene ring substituents is 1. The van der Waals surface area contributed by atoms with E-state index in [2.05, 4.69) is 4.99 Å². The van der Waals surface area contributed by atoms with E-state index in [1.54, 1.807) is 0 Å². The van der Waals surface area contributed by atoms with Crippen LogP contribution >= 0.6 is 11.8 Å². The van der Waals surface area contributed by atoms with E-state index in [1.807, 2.05) is 0 Å². The van der Waals surface area contributed by atoms with Gasteiger partial charge in [-0.3, -0.25) is 15.1 Å². The largest absolute Gasteiger partial charge is 0.378 e. The lowest BCUT2D eigenvalue weighted by Gasteiger charge is -2.33. The van der Waals surface area contributed by atoms with Gasteiger partial charge in [-0.2, -0.15) is 0 Å². The number of hydrogen-bond donors (Lipinski definition) is 1. The Balaban J connectivity index is 2.18. The maximum absolute atomic E-state index is 14.2. The topological polar surface area (TPSA) is 81.5 Å². The molecule has 0 aromatic heterocycles. The van der Waals surface area contributed by atoms with Crippen LogP contribution in [0.2, 0.25) is 0 Å². The lowest BCUT2D eigenvalue weighted by atomic mass is 9.85. The van der Waals surface area contributed by atoms with Gasteiger partial charge in [-0.1, -0.05) is 11.8 Å². The molecule has 0 amide bonds. The number of fused-ring (bicyclic) bond motifs is 1. The van der Waals surface area contributed by atoms with Gasteiger partial charge in [-0.15, -0.1) is 0 Å². The van der Waals surface area contributed by atoms with E-state index in [4.69, 9.17) is 5.73 Å². The highest BCUT2D eigenvalue weighted by atomic mass is 32.2. The van der Waals surface area contributed by atoms with Gasteiger partial charge in [0.25, 0.3) is 12.1 Å². The summed E-state index contributed by atoms with van der Waals surface area (Å²) in [6.07, 6.45) is -2.71. The van der Waals surface area contributed by atoms with E-state index in [9.17, 15) is 27.7 Å². The van der Waals surface area contributed by atoms with E-state index in [-0.39, 0.29) is 11.6 Å². The standard InChI is InChI=1S/C13H11F4N3O2S/c1-12(6-2-5(20(21)22)3-7(14)9(6)15)8-4-13(8,10(16)17)23-11(18)19-12/h2-3,8,10H,4H2,1H3,(H2,18,19). The van der Waals surface area contributed by atoms with Gasteiger partial charge in [0.1, 0.15) is 0 Å². The molecule has 1 aliphatic heterocycles. The van der Waals surface area contributed by atoms with Gasteiger partial charge in [-0.05, 0) is 13.3 Å². The van der Waals surface area contributed by atoms with Crippen LogP contribution in [0.3, 0.4) is 0 Å². The van der Waals surface area contributed by atoms with Crippen LogP contribution in [0.5, 0.6) is 0 Å². The summed E-state index contributed by atoms with van der Waals surface area (Å²) in [4.78, 5) is 14.0. The predicted octanol–water partition coefficient (Wildman–Crippen LogP) is 3.17. The lowest BCUT2D eigenvalue weighted by Crippen LogP contribution is -2.39. The lowest BCUT2D eigenvalue weighted by molar-refractivity contribution is -0.385. The van der Waals surface area contributed by atoms with Crippen LogP contribution in [0.25, 0.3) is 0 Å². The number of halogens is 4. The fraction of sp³-hybridized carbons (Fsp3) is 0.462. The number of amidine groups is 1. The number of nitro groups is 1. The van der Waals surface area contributed by atoms with Crippen LogP contribution in [0.15, 0.2) is 17.1 Å². The van der Waals surface area contributed by atoms with Crippen molar-refractivity contribution in [1.29, 1.82) is 0 Å². The zero-order valence-corrected chi connectivity index (χ0v) is 12.5. The minimum Gasteiger partial charge on any atom is -0.378 e. The molecule has 1 aromatic carbocycles. The SMILES string of the molecule is CC1(c2cc([N+](=O)[O-])cc(F)c2F)N=C(N)SC2(C(F)F)CC12. The molecule has 1 saturated carbocycles. The Bertz CT molecular complexity index is 744. The summed E-state index contributed by atoms with van der Waals surface area (Å²) in [5.41, 5.74) is 2.92. The minimum absolute atomic E-state index is 0.0137. The van der Waals surface area contributed by atoms with Crippen molar-refractivity contribution in [2.24, 2.45) is 16.6 Å². The molecule has 0 radical (unpaired) electrons. The van der Waals surface area contributed by atoms with Crippen molar-refractivity contribution >= 4 is 22.6 Å². The van der Waals surface area contributed by atoms with Crippen molar-refractivity contribution in [2.45, 2.75) is 30.1 Å². The third kappa shape index (κ3) is 2.19. The number of nitrogens with zero attached hydrogens (tertiary/aromatic N) is 2. The summed E-state index contributed by atoms with van der Waals surface area (Å²) in [5, 5.41) is 10.7. The first-order chi connectivity index (χ1) is 10.6. The molecule has 1 aromatic rings. The Labute approximate surface area is 132 Å². The molecule has 124 valence electrons. The molecule has 1 fully saturated rings. The van der Waals surface area contributed by atoms with Gasteiger partial charge in [0, 0.05) is 17.5 Å². The molecule has 1 heterocycles. The maximum atomic E-state index is 14.2. The molecule has 3 unspecified atom stereocenters. The first kappa shape index (κ1) is 16.0. The monoisotopic (exact) mass is 349 g/mol. The first-order valence-electron chi connectivity index (χ1n) is 6.58. The molecular weight excluding hydrogens is 338 g/mol.